The number of carbonyl (C=O) groups is 1. The van der Waals surface area contributed by atoms with Gasteiger partial charge in [-0.1, -0.05) is 42.5 Å². The van der Waals surface area contributed by atoms with Crippen molar-refractivity contribution in [2.75, 3.05) is 32.6 Å². The molecule has 2 N–H and O–H groups in total. The minimum atomic E-state index is -0.131. The molecule has 4 rings (SSSR count). The fraction of sp³-hybridized carbons (Fsp3) is 0.192. The van der Waals surface area contributed by atoms with Gasteiger partial charge in [-0.3, -0.25) is 4.79 Å². The number of fused-ring (bicyclic) bond motifs is 1. The third kappa shape index (κ3) is 4.62. The maximum Gasteiger partial charge on any atom is 0.257 e. The standard InChI is InChI=1S/C26H26N2O3/c1-28(2)16-5-17-31-21-14-10-19(11-15-21)24(18-8-12-20(29)13-9-18)25-22-6-3-4-7-23(22)27-26(25)30/h3-4,6-15,29H,5,16-17H2,1-2H3,(H,27,30)/b25-24-. The van der Waals surface area contributed by atoms with Crippen LogP contribution in [0.15, 0.2) is 72.8 Å². The average Bonchev–Trinajstić information content (AvgIpc) is 3.09. The molecule has 0 saturated carbocycles. The molecule has 0 saturated heterocycles. The molecule has 3 aromatic rings. The van der Waals surface area contributed by atoms with Gasteiger partial charge in [0, 0.05) is 23.4 Å². The van der Waals surface area contributed by atoms with E-state index in [2.05, 4.69) is 10.2 Å². The average molecular weight is 415 g/mol. The number of hydrogen-bond acceptors (Lipinski definition) is 4. The van der Waals surface area contributed by atoms with E-state index in [0.717, 1.165) is 46.7 Å². The van der Waals surface area contributed by atoms with Crippen molar-refractivity contribution in [2.24, 2.45) is 0 Å². The number of hydrogen-bond donors (Lipinski definition) is 2. The number of nitrogens with one attached hydrogen (secondary N) is 1. The summed E-state index contributed by atoms with van der Waals surface area (Å²) in [6.45, 7) is 1.63. The Labute approximate surface area is 182 Å². The van der Waals surface area contributed by atoms with Gasteiger partial charge in [0.15, 0.2) is 0 Å². The molecule has 0 radical (unpaired) electrons. The van der Waals surface area contributed by atoms with E-state index in [0.29, 0.717) is 12.2 Å². The lowest BCUT2D eigenvalue weighted by Gasteiger charge is -2.14. The fourth-order valence-electron chi connectivity index (χ4n) is 3.74. The summed E-state index contributed by atoms with van der Waals surface area (Å²) in [6.07, 6.45) is 0.953. The van der Waals surface area contributed by atoms with E-state index >= 15 is 0 Å². The summed E-state index contributed by atoms with van der Waals surface area (Å²) in [4.78, 5) is 15.1. The highest BCUT2D eigenvalue weighted by Gasteiger charge is 2.28. The number of benzene rings is 3. The van der Waals surface area contributed by atoms with Crippen molar-refractivity contribution >= 4 is 22.7 Å². The zero-order valence-corrected chi connectivity index (χ0v) is 17.8. The maximum absolute atomic E-state index is 12.9. The second kappa shape index (κ2) is 9.06. The largest absolute Gasteiger partial charge is 0.508 e. The van der Waals surface area contributed by atoms with E-state index < -0.39 is 0 Å². The molecule has 31 heavy (non-hydrogen) atoms. The summed E-state index contributed by atoms with van der Waals surface area (Å²) in [5.74, 6) is 0.855. The lowest BCUT2D eigenvalue weighted by molar-refractivity contribution is -0.110. The number of rotatable bonds is 7. The highest BCUT2D eigenvalue weighted by molar-refractivity contribution is 6.38. The van der Waals surface area contributed by atoms with Gasteiger partial charge in [0.2, 0.25) is 0 Å². The molecule has 0 bridgehead atoms. The number of carbonyl (C=O) groups excluding carboxylic acids is 1. The molecule has 0 spiro atoms. The second-order valence-electron chi connectivity index (χ2n) is 7.83. The Hall–Kier alpha value is -3.57. The van der Waals surface area contributed by atoms with Gasteiger partial charge < -0.3 is 20.1 Å². The summed E-state index contributed by atoms with van der Waals surface area (Å²) in [5.41, 5.74) is 4.90. The summed E-state index contributed by atoms with van der Waals surface area (Å²) in [5, 5.41) is 12.7. The van der Waals surface area contributed by atoms with Gasteiger partial charge in [0.05, 0.1) is 12.2 Å². The van der Waals surface area contributed by atoms with Crippen LogP contribution in [0.3, 0.4) is 0 Å². The first kappa shape index (κ1) is 20.7. The Kier molecular flexibility index (Phi) is 6.05. The minimum Gasteiger partial charge on any atom is -0.508 e. The Bertz CT molecular complexity index is 1100. The van der Waals surface area contributed by atoms with E-state index in [-0.39, 0.29) is 11.7 Å². The third-order valence-corrected chi connectivity index (χ3v) is 5.24. The number of nitrogens with zero attached hydrogens (tertiary/aromatic N) is 1. The van der Waals surface area contributed by atoms with Crippen LogP contribution < -0.4 is 10.1 Å². The van der Waals surface area contributed by atoms with Crippen LogP contribution in [-0.2, 0) is 4.79 Å². The molecule has 3 aromatic carbocycles. The number of phenolic OH excluding ortho intramolecular Hbond substituents is 1. The van der Waals surface area contributed by atoms with Gasteiger partial charge in [0.1, 0.15) is 11.5 Å². The third-order valence-electron chi connectivity index (χ3n) is 5.24. The van der Waals surface area contributed by atoms with Crippen LogP contribution in [0.2, 0.25) is 0 Å². The molecule has 1 aliphatic rings. The molecule has 0 unspecified atom stereocenters. The van der Waals surface area contributed by atoms with Crippen molar-refractivity contribution < 1.29 is 14.6 Å². The molecule has 1 aliphatic heterocycles. The predicted octanol–water partition coefficient (Wildman–Crippen LogP) is 4.63. The predicted molar refractivity (Wildman–Crippen MR) is 124 cm³/mol. The molecule has 1 heterocycles. The van der Waals surface area contributed by atoms with Gasteiger partial charge >= 0.3 is 0 Å². The van der Waals surface area contributed by atoms with Gasteiger partial charge in [-0.25, -0.2) is 0 Å². The molecular weight excluding hydrogens is 388 g/mol. The molecule has 5 nitrogen and oxygen atoms in total. The number of amides is 1. The van der Waals surface area contributed by atoms with Crippen LogP contribution in [-0.4, -0.2) is 43.2 Å². The molecule has 0 aromatic heterocycles. The summed E-state index contributed by atoms with van der Waals surface area (Å²) < 4.78 is 5.86. The van der Waals surface area contributed by atoms with E-state index in [9.17, 15) is 9.90 Å². The zero-order chi connectivity index (χ0) is 21.8. The minimum absolute atomic E-state index is 0.131. The van der Waals surface area contributed by atoms with Crippen LogP contribution in [0.5, 0.6) is 11.5 Å². The number of anilines is 1. The van der Waals surface area contributed by atoms with Gasteiger partial charge in [-0.15, -0.1) is 0 Å². The smallest absolute Gasteiger partial charge is 0.257 e. The molecule has 5 heteroatoms. The molecule has 0 aliphatic carbocycles. The van der Waals surface area contributed by atoms with E-state index in [1.54, 1.807) is 12.1 Å². The summed E-state index contributed by atoms with van der Waals surface area (Å²) in [6, 6.07) is 22.4. The molecule has 158 valence electrons. The Balaban J connectivity index is 1.71. The molecule has 1 amide bonds. The second-order valence-corrected chi connectivity index (χ2v) is 7.83. The normalized spacial score (nSPS) is 14.4. The first-order valence-corrected chi connectivity index (χ1v) is 10.4. The first-order valence-electron chi connectivity index (χ1n) is 10.4. The van der Waals surface area contributed by atoms with Crippen LogP contribution in [0.25, 0.3) is 11.1 Å². The maximum atomic E-state index is 12.9. The van der Waals surface area contributed by atoms with Crippen LogP contribution in [0.1, 0.15) is 23.1 Å². The highest BCUT2D eigenvalue weighted by atomic mass is 16.5. The fourth-order valence-corrected chi connectivity index (χ4v) is 3.74. The Morgan fingerprint density at radius 1 is 0.935 bits per heavy atom. The first-order chi connectivity index (χ1) is 15.0. The summed E-state index contributed by atoms with van der Waals surface area (Å²) >= 11 is 0. The zero-order valence-electron chi connectivity index (χ0n) is 17.8. The van der Waals surface area contributed by atoms with Crippen molar-refractivity contribution in [1.29, 1.82) is 0 Å². The van der Waals surface area contributed by atoms with Crippen molar-refractivity contribution in [2.45, 2.75) is 6.42 Å². The Morgan fingerprint density at radius 3 is 2.26 bits per heavy atom. The SMILES string of the molecule is CN(C)CCCOc1ccc(/C(=C2\C(=O)Nc3ccccc32)c2ccc(O)cc2)cc1. The lowest BCUT2D eigenvalue weighted by Crippen LogP contribution is -2.15. The van der Waals surface area contributed by atoms with Crippen LogP contribution >= 0.6 is 0 Å². The molecule has 0 fully saturated rings. The number of aromatic hydroxyl groups is 1. The quantitative estimate of drug-likeness (QED) is 0.437. The van der Waals surface area contributed by atoms with Crippen molar-refractivity contribution in [3.05, 3.63) is 89.5 Å². The highest BCUT2D eigenvalue weighted by Crippen LogP contribution is 2.40. The number of ether oxygens (including phenoxy) is 1. The summed E-state index contributed by atoms with van der Waals surface area (Å²) in [7, 11) is 4.09. The monoisotopic (exact) mass is 414 g/mol. The van der Waals surface area contributed by atoms with Crippen molar-refractivity contribution in [1.82, 2.24) is 4.90 Å². The van der Waals surface area contributed by atoms with Gasteiger partial charge in [-0.05, 0) is 62.0 Å². The number of para-hydroxylation sites is 1. The molecule has 0 atom stereocenters. The van der Waals surface area contributed by atoms with Crippen molar-refractivity contribution in [3.8, 4) is 11.5 Å². The van der Waals surface area contributed by atoms with E-state index in [1.807, 2.05) is 74.8 Å². The van der Waals surface area contributed by atoms with Crippen LogP contribution in [0.4, 0.5) is 5.69 Å². The lowest BCUT2D eigenvalue weighted by atomic mass is 9.90. The number of phenols is 1. The topological polar surface area (TPSA) is 61.8 Å². The Morgan fingerprint density at radius 2 is 1.58 bits per heavy atom. The van der Waals surface area contributed by atoms with Gasteiger partial charge in [-0.2, -0.15) is 0 Å². The molecular formula is C26H26N2O3. The van der Waals surface area contributed by atoms with E-state index in [1.165, 1.54) is 0 Å². The van der Waals surface area contributed by atoms with Crippen LogP contribution in [0, 0.1) is 0 Å². The van der Waals surface area contributed by atoms with E-state index in [4.69, 9.17) is 4.74 Å². The van der Waals surface area contributed by atoms with Gasteiger partial charge in [0.25, 0.3) is 5.91 Å². The van der Waals surface area contributed by atoms with Crippen molar-refractivity contribution in [3.63, 3.8) is 0 Å².